The molecule has 0 fully saturated rings. The summed E-state index contributed by atoms with van der Waals surface area (Å²) >= 11 is 0. The van der Waals surface area contributed by atoms with Gasteiger partial charge in [0.15, 0.2) is 18.2 Å². The number of hydrogen-bond donors (Lipinski definition) is 0. The maximum atomic E-state index is 13.5. The fourth-order valence-corrected chi connectivity index (χ4v) is 2.06. The molecule has 0 radical (unpaired) electrons. The highest BCUT2D eigenvalue weighted by Gasteiger charge is 2.16. The van der Waals surface area contributed by atoms with Crippen LogP contribution in [0.4, 0.5) is 10.1 Å². The highest BCUT2D eigenvalue weighted by atomic mass is 19.1. The van der Waals surface area contributed by atoms with E-state index in [0.29, 0.717) is 5.69 Å². The Morgan fingerprint density at radius 3 is 2.57 bits per heavy atom. The Bertz CT molecular complexity index is 708. The van der Waals surface area contributed by atoms with Gasteiger partial charge in [-0.15, -0.1) is 0 Å². The van der Waals surface area contributed by atoms with E-state index in [4.69, 9.17) is 10.00 Å². The zero-order valence-corrected chi connectivity index (χ0v) is 12.8. The molecular weight excluding hydrogens is 295 g/mol. The largest absolute Gasteiger partial charge is 0.481 e. The van der Waals surface area contributed by atoms with Gasteiger partial charge in [0.2, 0.25) is 0 Å². The summed E-state index contributed by atoms with van der Waals surface area (Å²) in [5.74, 6) is -0.809. The quantitative estimate of drug-likeness (QED) is 0.821. The molecule has 0 aliphatic carbocycles. The molecule has 0 atom stereocenters. The van der Waals surface area contributed by atoms with E-state index in [0.717, 1.165) is 5.56 Å². The van der Waals surface area contributed by atoms with Crippen LogP contribution in [-0.4, -0.2) is 19.1 Å². The molecule has 1 amide bonds. The van der Waals surface area contributed by atoms with Crippen molar-refractivity contribution in [3.05, 3.63) is 59.9 Å². The smallest absolute Gasteiger partial charge is 0.264 e. The third-order valence-corrected chi connectivity index (χ3v) is 3.28. The summed E-state index contributed by atoms with van der Waals surface area (Å²) in [6.07, 6.45) is 0.208. The fourth-order valence-electron chi connectivity index (χ4n) is 2.06. The molecule has 0 aliphatic heterocycles. The Labute approximate surface area is 134 Å². The zero-order chi connectivity index (χ0) is 16.7. The second-order valence-electron chi connectivity index (χ2n) is 5.01. The van der Waals surface area contributed by atoms with Crippen LogP contribution in [0.25, 0.3) is 0 Å². The van der Waals surface area contributed by atoms with Gasteiger partial charge >= 0.3 is 0 Å². The van der Waals surface area contributed by atoms with Gasteiger partial charge in [0.1, 0.15) is 0 Å². The fraction of sp³-hybridized carbons (Fsp3) is 0.222. The van der Waals surface area contributed by atoms with E-state index >= 15 is 0 Å². The molecule has 0 aliphatic rings. The molecule has 0 saturated carbocycles. The number of halogens is 1. The third kappa shape index (κ3) is 4.55. The molecule has 0 bridgehead atoms. The Morgan fingerprint density at radius 2 is 1.91 bits per heavy atom. The minimum atomic E-state index is -0.515. The Morgan fingerprint density at radius 1 is 1.22 bits per heavy atom. The lowest BCUT2D eigenvalue weighted by Crippen LogP contribution is -2.35. The van der Waals surface area contributed by atoms with Crippen LogP contribution in [0.3, 0.4) is 0 Å². The van der Waals surface area contributed by atoms with Crippen molar-refractivity contribution in [1.29, 1.82) is 5.26 Å². The van der Waals surface area contributed by atoms with Crippen molar-refractivity contribution >= 4 is 11.6 Å². The van der Waals surface area contributed by atoms with Gasteiger partial charge in [0.05, 0.1) is 12.5 Å². The number of carbonyl (C=O) groups is 1. The van der Waals surface area contributed by atoms with E-state index in [9.17, 15) is 9.18 Å². The second-order valence-corrected chi connectivity index (χ2v) is 5.01. The number of amides is 1. The maximum Gasteiger partial charge on any atom is 0.264 e. The SMILES string of the molecule is Cc1ccc(N(CCC#N)C(=O)COc2ccccc2F)cc1. The average molecular weight is 312 g/mol. The predicted molar refractivity (Wildman–Crippen MR) is 85.7 cm³/mol. The molecule has 2 aromatic rings. The minimum Gasteiger partial charge on any atom is -0.481 e. The van der Waals surface area contributed by atoms with Crippen molar-refractivity contribution in [2.24, 2.45) is 0 Å². The van der Waals surface area contributed by atoms with Crippen molar-refractivity contribution in [1.82, 2.24) is 0 Å². The Kier molecular flexibility index (Phi) is 5.70. The number of nitriles is 1. The minimum absolute atomic E-state index is 0.0324. The highest BCUT2D eigenvalue weighted by Crippen LogP contribution is 2.18. The molecular formula is C18H17FN2O2. The molecule has 0 N–H and O–H groups in total. The van der Waals surface area contributed by atoms with E-state index in [1.54, 1.807) is 12.1 Å². The monoisotopic (exact) mass is 312 g/mol. The zero-order valence-electron chi connectivity index (χ0n) is 12.8. The molecule has 0 aromatic heterocycles. The van der Waals surface area contributed by atoms with Gasteiger partial charge in [-0.3, -0.25) is 4.79 Å². The van der Waals surface area contributed by atoms with Gasteiger partial charge in [-0.05, 0) is 31.2 Å². The number of para-hydroxylation sites is 1. The van der Waals surface area contributed by atoms with Crippen LogP contribution in [-0.2, 0) is 4.79 Å². The lowest BCUT2D eigenvalue weighted by atomic mass is 10.2. The number of rotatable bonds is 6. The third-order valence-electron chi connectivity index (χ3n) is 3.28. The number of ether oxygens (including phenoxy) is 1. The van der Waals surface area contributed by atoms with Gasteiger partial charge in [-0.25, -0.2) is 4.39 Å². The van der Waals surface area contributed by atoms with Gasteiger partial charge in [-0.1, -0.05) is 29.8 Å². The van der Waals surface area contributed by atoms with Gasteiger partial charge in [0, 0.05) is 12.2 Å². The number of hydrogen-bond acceptors (Lipinski definition) is 3. The molecule has 2 aromatic carbocycles. The van der Waals surface area contributed by atoms with Crippen LogP contribution in [0.1, 0.15) is 12.0 Å². The van der Waals surface area contributed by atoms with Crippen LogP contribution in [0.15, 0.2) is 48.5 Å². The van der Waals surface area contributed by atoms with Crippen LogP contribution < -0.4 is 9.64 Å². The first-order valence-electron chi connectivity index (χ1n) is 7.23. The maximum absolute atomic E-state index is 13.5. The lowest BCUT2D eigenvalue weighted by molar-refractivity contribution is -0.120. The first kappa shape index (κ1) is 16.5. The van der Waals surface area contributed by atoms with Gasteiger partial charge in [0.25, 0.3) is 5.91 Å². The Hall–Kier alpha value is -2.87. The van der Waals surface area contributed by atoms with E-state index in [-0.39, 0.29) is 31.2 Å². The number of benzene rings is 2. The van der Waals surface area contributed by atoms with Crippen molar-refractivity contribution in [3.8, 4) is 11.8 Å². The number of carbonyl (C=O) groups excluding carboxylic acids is 1. The van der Waals surface area contributed by atoms with E-state index in [1.807, 2.05) is 37.3 Å². The van der Waals surface area contributed by atoms with Crippen LogP contribution in [0.5, 0.6) is 5.75 Å². The molecule has 5 heteroatoms. The predicted octanol–water partition coefficient (Wildman–Crippen LogP) is 3.46. The van der Waals surface area contributed by atoms with Crippen LogP contribution in [0, 0.1) is 24.1 Å². The van der Waals surface area contributed by atoms with E-state index < -0.39 is 5.82 Å². The van der Waals surface area contributed by atoms with Gasteiger partial charge in [-0.2, -0.15) is 5.26 Å². The first-order valence-corrected chi connectivity index (χ1v) is 7.23. The number of anilines is 1. The molecule has 0 saturated heterocycles. The molecule has 118 valence electrons. The summed E-state index contributed by atoms with van der Waals surface area (Å²) in [5, 5.41) is 8.76. The lowest BCUT2D eigenvalue weighted by Gasteiger charge is -2.22. The summed E-state index contributed by atoms with van der Waals surface area (Å²) in [4.78, 5) is 13.9. The summed E-state index contributed by atoms with van der Waals surface area (Å²) in [7, 11) is 0. The molecule has 0 heterocycles. The average Bonchev–Trinajstić information content (AvgIpc) is 2.56. The Balaban J connectivity index is 2.09. The molecule has 4 nitrogen and oxygen atoms in total. The summed E-state index contributed by atoms with van der Waals surface area (Å²) < 4.78 is 18.8. The molecule has 0 unspecified atom stereocenters. The van der Waals surface area contributed by atoms with Crippen molar-refractivity contribution in [3.63, 3.8) is 0 Å². The van der Waals surface area contributed by atoms with Crippen LogP contribution in [0.2, 0.25) is 0 Å². The second kappa shape index (κ2) is 7.95. The van der Waals surface area contributed by atoms with Crippen molar-refractivity contribution < 1.29 is 13.9 Å². The highest BCUT2D eigenvalue weighted by molar-refractivity contribution is 5.94. The standard InChI is InChI=1S/C18H17FN2O2/c1-14-7-9-15(10-8-14)21(12-4-11-20)18(22)13-23-17-6-3-2-5-16(17)19/h2-3,5-10H,4,12-13H2,1H3. The normalized spacial score (nSPS) is 9.96. The first-order chi connectivity index (χ1) is 11.1. The van der Waals surface area contributed by atoms with E-state index in [1.165, 1.54) is 17.0 Å². The van der Waals surface area contributed by atoms with Gasteiger partial charge < -0.3 is 9.64 Å². The van der Waals surface area contributed by atoms with Crippen molar-refractivity contribution in [2.45, 2.75) is 13.3 Å². The topological polar surface area (TPSA) is 53.3 Å². The molecule has 0 spiro atoms. The summed E-state index contributed by atoms with van der Waals surface area (Å²) in [5.41, 5.74) is 1.76. The summed E-state index contributed by atoms with van der Waals surface area (Å²) in [6.45, 7) is 1.92. The number of nitrogens with zero attached hydrogens (tertiary/aromatic N) is 2. The number of aryl methyl sites for hydroxylation is 1. The molecule has 23 heavy (non-hydrogen) atoms. The van der Waals surface area contributed by atoms with Crippen molar-refractivity contribution in [2.75, 3.05) is 18.1 Å². The molecule has 2 rings (SSSR count). The van der Waals surface area contributed by atoms with Crippen LogP contribution >= 0.6 is 0 Å². The van der Waals surface area contributed by atoms with E-state index in [2.05, 4.69) is 0 Å². The summed E-state index contributed by atoms with van der Waals surface area (Å²) in [6, 6.07) is 15.3.